The van der Waals surface area contributed by atoms with Gasteiger partial charge >= 0.3 is 0 Å². The Labute approximate surface area is 134 Å². The van der Waals surface area contributed by atoms with Crippen molar-refractivity contribution >= 4 is 39.1 Å². The van der Waals surface area contributed by atoms with E-state index in [1.54, 1.807) is 4.90 Å². The Morgan fingerprint density at radius 1 is 1.33 bits per heavy atom. The quantitative estimate of drug-likeness (QED) is 0.847. The molecule has 1 unspecified atom stereocenters. The summed E-state index contributed by atoms with van der Waals surface area (Å²) in [6.07, 6.45) is 0.591. The number of rotatable bonds is 3. The van der Waals surface area contributed by atoms with Gasteiger partial charge in [-0.25, -0.2) is 0 Å². The molecule has 1 saturated heterocycles. The van der Waals surface area contributed by atoms with Gasteiger partial charge < -0.3 is 10.2 Å². The van der Waals surface area contributed by atoms with Crippen LogP contribution in [0.2, 0.25) is 0 Å². The predicted octanol–water partition coefficient (Wildman–Crippen LogP) is 3.42. The predicted molar refractivity (Wildman–Crippen MR) is 88.8 cm³/mol. The molecular weight excluding hydrogens is 332 g/mol. The summed E-state index contributed by atoms with van der Waals surface area (Å²) >= 11 is 3.43. The van der Waals surface area contributed by atoms with Crippen LogP contribution in [0.25, 0.3) is 0 Å². The lowest BCUT2D eigenvalue weighted by Crippen LogP contribution is -2.27. The van der Waals surface area contributed by atoms with E-state index in [0.29, 0.717) is 12.3 Å². The highest BCUT2D eigenvalue weighted by atomic mass is 79.9. The Balaban J connectivity index is 2.06. The van der Waals surface area contributed by atoms with Crippen molar-refractivity contribution in [2.75, 3.05) is 22.1 Å². The van der Waals surface area contributed by atoms with Crippen LogP contribution < -0.4 is 10.2 Å². The summed E-state index contributed by atoms with van der Waals surface area (Å²) in [5.41, 5.74) is 1.21. The van der Waals surface area contributed by atoms with Gasteiger partial charge in [-0.05, 0) is 30.2 Å². The minimum atomic E-state index is -0.424. The molecule has 1 heterocycles. The molecule has 1 aliphatic rings. The average Bonchev–Trinajstić information content (AvgIpc) is 2.80. The number of anilines is 2. The highest BCUT2D eigenvalue weighted by molar-refractivity contribution is 9.09. The van der Waals surface area contributed by atoms with E-state index < -0.39 is 5.41 Å². The number of hydrogen-bond donors (Lipinski definition) is 1. The lowest BCUT2D eigenvalue weighted by Gasteiger charge is -2.19. The number of halogens is 1. The second-order valence-electron chi connectivity index (χ2n) is 6.48. The van der Waals surface area contributed by atoms with Crippen molar-refractivity contribution in [3.8, 4) is 0 Å². The molecule has 0 spiro atoms. The van der Waals surface area contributed by atoms with E-state index >= 15 is 0 Å². The molecule has 2 amide bonds. The number of benzene rings is 1. The van der Waals surface area contributed by atoms with E-state index in [9.17, 15) is 9.59 Å². The Bertz CT molecular complexity index is 534. The number of carbonyl (C=O) groups excluding carboxylic acids is 2. The molecule has 4 nitrogen and oxygen atoms in total. The first kappa shape index (κ1) is 16.0. The molecule has 1 N–H and O–H groups in total. The Hall–Kier alpha value is -1.36. The van der Waals surface area contributed by atoms with Crippen molar-refractivity contribution in [1.29, 1.82) is 0 Å². The maximum Gasteiger partial charge on any atom is 0.229 e. The first-order valence-electron chi connectivity index (χ1n) is 7.09. The molecular formula is C16H21BrN2O2. The number of hydrogen-bond acceptors (Lipinski definition) is 2. The largest absolute Gasteiger partial charge is 0.326 e. The monoisotopic (exact) mass is 352 g/mol. The smallest absolute Gasteiger partial charge is 0.229 e. The van der Waals surface area contributed by atoms with E-state index in [1.165, 1.54) is 0 Å². The maximum atomic E-state index is 12.0. The van der Waals surface area contributed by atoms with Gasteiger partial charge in [-0.2, -0.15) is 0 Å². The molecule has 114 valence electrons. The van der Waals surface area contributed by atoms with E-state index in [0.717, 1.165) is 23.2 Å². The topological polar surface area (TPSA) is 49.4 Å². The normalized spacial score (nSPS) is 19.0. The Morgan fingerprint density at radius 3 is 2.43 bits per heavy atom. The van der Waals surface area contributed by atoms with Gasteiger partial charge in [0.1, 0.15) is 0 Å². The van der Waals surface area contributed by atoms with Gasteiger partial charge in [0.15, 0.2) is 0 Å². The van der Waals surface area contributed by atoms with Crippen molar-refractivity contribution in [1.82, 2.24) is 0 Å². The van der Waals surface area contributed by atoms with Crippen LogP contribution in [0.5, 0.6) is 0 Å². The van der Waals surface area contributed by atoms with Gasteiger partial charge in [-0.1, -0.05) is 36.7 Å². The standard InChI is InChI=1S/C16H21BrN2O2/c1-16(2,3)15(21)18-12-4-6-13(7-5-12)19-10-11(9-17)8-14(19)20/h4-7,11H,8-10H2,1-3H3,(H,18,21). The van der Waals surface area contributed by atoms with Crippen LogP contribution >= 0.6 is 15.9 Å². The summed E-state index contributed by atoms with van der Waals surface area (Å²) in [5, 5.41) is 3.72. The molecule has 0 radical (unpaired) electrons. The maximum absolute atomic E-state index is 12.0. The van der Waals surface area contributed by atoms with E-state index in [-0.39, 0.29) is 11.8 Å². The third-order valence-electron chi connectivity index (χ3n) is 3.54. The number of amides is 2. The summed E-state index contributed by atoms with van der Waals surface area (Å²) < 4.78 is 0. The van der Waals surface area contributed by atoms with Gasteiger partial charge in [-0.3, -0.25) is 9.59 Å². The number of nitrogens with one attached hydrogen (secondary N) is 1. The zero-order valence-corrected chi connectivity index (χ0v) is 14.2. The second-order valence-corrected chi connectivity index (χ2v) is 7.13. The highest BCUT2D eigenvalue weighted by Crippen LogP contribution is 2.27. The molecule has 1 aromatic rings. The van der Waals surface area contributed by atoms with Crippen molar-refractivity contribution in [2.45, 2.75) is 27.2 Å². The third-order valence-corrected chi connectivity index (χ3v) is 4.46. The van der Waals surface area contributed by atoms with Crippen LogP contribution in [0.1, 0.15) is 27.2 Å². The molecule has 2 rings (SSSR count). The summed E-state index contributed by atoms with van der Waals surface area (Å²) in [7, 11) is 0. The molecule has 0 saturated carbocycles. The summed E-state index contributed by atoms with van der Waals surface area (Å²) in [6, 6.07) is 7.45. The Kier molecular flexibility index (Phi) is 4.71. The summed E-state index contributed by atoms with van der Waals surface area (Å²) in [4.78, 5) is 25.7. The molecule has 0 aromatic heterocycles. The summed E-state index contributed by atoms with van der Waals surface area (Å²) in [6.45, 7) is 6.37. The van der Waals surface area contributed by atoms with E-state index in [2.05, 4.69) is 21.2 Å². The first-order valence-corrected chi connectivity index (χ1v) is 8.21. The molecule has 1 atom stereocenters. The lowest BCUT2D eigenvalue weighted by molar-refractivity contribution is -0.123. The van der Waals surface area contributed by atoms with Gasteiger partial charge in [0, 0.05) is 35.1 Å². The molecule has 21 heavy (non-hydrogen) atoms. The average molecular weight is 353 g/mol. The highest BCUT2D eigenvalue weighted by Gasteiger charge is 2.29. The zero-order chi connectivity index (χ0) is 15.6. The fourth-order valence-electron chi connectivity index (χ4n) is 2.18. The van der Waals surface area contributed by atoms with Crippen LogP contribution in [0.3, 0.4) is 0 Å². The van der Waals surface area contributed by atoms with E-state index in [1.807, 2.05) is 45.0 Å². The lowest BCUT2D eigenvalue weighted by atomic mass is 9.95. The van der Waals surface area contributed by atoms with Crippen molar-refractivity contribution in [3.05, 3.63) is 24.3 Å². The van der Waals surface area contributed by atoms with Crippen molar-refractivity contribution in [2.24, 2.45) is 11.3 Å². The van der Waals surface area contributed by atoms with Crippen LogP contribution in [-0.2, 0) is 9.59 Å². The number of nitrogens with zero attached hydrogens (tertiary/aromatic N) is 1. The third kappa shape index (κ3) is 3.84. The number of alkyl halides is 1. The van der Waals surface area contributed by atoms with Crippen LogP contribution in [0, 0.1) is 11.3 Å². The SMILES string of the molecule is CC(C)(C)C(=O)Nc1ccc(N2CC(CBr)CC2=O)cc1. The minimum absolute atomic E-state index is 0.0214. The van der Waals surface area contributed by atoms with Gasteiger partial charge in [0.25, 0.3) is 0 Å². The fourth-order valence-corrected chi connectivity index (χ4v) is 2.61. The molecule has 1 aliphatic heterocycles. The minimum Gasteiger partial charge on any atom is -0.326 e. The molecule has 1 aromatic carbocycles. The molecule has 0 bridgehead atoms. The van der Waals surface area contributed by atoms with Crippen LogP contribution in [0.15, 0.2) is 24.3 Å². The molecule has 1 fully saturated rings. The van der Waals surface area contributed by atoms with E-state index in [4.69, 9.17) is 0 Å². The van der Waals surface area contributed by atoms with Gasteiger partial charge in [0.2, 0.25) is 11.8 Å². The molecule has 5 heteroatoms. The first-order chi connectivity index (χ1) is 9.81. The summed E-state index contributed by atoms with van der Waals surface area (Å²) in [5.74, 6) is 0.510. The second kappa shape index (κ2) is 6.18. The van der Waals surface area contributed by atoms with Gasteiger partial charge in [-0.15, -0.1) is 0 Å². The van der Waals surface area contributed by atoms with Crippen molar-refractivity contribution in [3.63, 3.8) is 0 Å². The zero-order valence-electron chi connectivity index (χ0n) is 12.6. The van der Waals surface area contributed by atoms with Crippen LogP contribution in [-0.4, -0.2) is 23.7 Å². The number of carbonyl (C=O) groups is 2. The van der Waals surface area contributed by atoms with Crippen LogP contribution in [0.4, 0.5) is 11.4 Å². The van der Waals surface area contributed by atoms with Gasteiger partial charge in [0.05, 0.1) is 0 Å². The fraction of sp³-hybridized carbons (Fsp3) is 0.500. The Morgan fingerprint density at radius 2 is 1.95 bits per heavy atom. The van der Waals surface area contributed by atoms with Crippen molar-refractivity contribution < 1.29 is 9.59 Å². The molecule has 0 aliphatic carbocycles.